The first-order chi connectivity index (χ1) is 19.4. The van der Waals surface area contributed by atoms with Crippen LogP contribution in [0.3, 0.4) is 0 Å². The zero-order valence-corrected chi connectivity index (χ0v) is 22.5. The van der Waals surface area contributed by atoms with Gasteiger partial charge in [0.2, 0.25) is 5.78 Å². The highest BCUT2D eigenvalue weighted by Crippen LogP contribution is 2.52. The van der Waals surface area contributed by atoms with Crippen molar-refractivity contribution in [3.8, 4) is 11.5 Å². The Bertz CT molecular complexity index is 1560. The Morgan fingerprint density at radius 1 is 1.00 bits per heavy atom. The summed E-state index contributed by atoms with van der Waals surface area (Å²) < 4.78 is 5.09. The number of anilines is 1. The van der Waals surface area contributed by atoms with E-state index in [9.17, 15) is 39.6 Å². The summed E-state index contributed by atoms with van der Waals surface area (Å²) in [5, 5.41) is 48.7. The molecule has 0 aromatic heterocycles. The molecule has 3 aliphatic rings. The fraction of sp³-hybridized carbons (Fsp3) is 0.310. The van der Waals surface area contributed by atoms with Gasteiger partial charge in [-0.25, -0.2) is 5.01 Å². The number of Topliss-reactive ketones (excluding diaryl/α,β-unsaturated/α-hetero) is 2. The minimum Gasteiger partial charge on any atom is -0.508 e. The molecule has 1 fully saturated rings. The first kappa shape index (κ1) is 27.9. The summed E-state index contributed by atoms with van der Waals surface area (Å²) >= 11 is 0. The number of phenolic OH excluding ortho intramolecular Hbond substituents is 1. The standard InChI is InChI=1S/C29H29N3O9/c1-32(2)31-28(39)22-19(33)12-16-11-15-10-14-6-9-18(30-27(38)13-4-7-17(41-3)8-5-13)23(34)20(14)24(35)21(15)25(36)29(16,40)26(22)37/h4-9,15-16,34-35,37,40H,10-12H2,1-3H3,(H,30,38)(H,31,39). The highest BCUT2D eigenvalue weighted by Gasteiger charge is 2.60. The van der Waals surface area contributed by atoms with Gasteiger partial charge in [0, 0.05) is 37.6 Å². The number of nitrogens with one attached hydrogen (secondary N) is 2. The number of hydrogen-bond donors (Lipinski definition) is 6. The number of ketones is 2. The van der Waals surface area contributed by atoms with Gasteiger partial charge in [-0.15, -0.1) is 0 Å². The van der Waals surface area contributed by atoms with Gasteiger partial charge in [0.05, 0.1) is 18.4 Å². The summed E-state index contributed by atoms with van der Waals surface area (Å²) in [6.07, 6.45) is -0.127. The van der Waals surface area contributed by atoms with E-state index in [1.54, 1.807) is 18.2 Å². The van der Waals surface area contributed by atoms with E-state index in [-0.39, 0.29) is 41.6 Å². The number of fused-ring (bicyclic) bond motifs is 3. The number of nitrogens with zero attached hydrogens (tertiary/aromatic N) is 1. The van der Waals surface area contributed by atoms with Gasteiger partial charge in [0.25, 0.3) is 11.8 Å². The lowest BCUT2D eigenvalue weighted by molar-refractivity contribution is -0.148. The van der Waals surface area contributed by atoms with Crippen molar-refractivity contribution in [3.63, 3.8) is 0 Å². The normalized spacial score (nSPS) is 23.5. The quantitative estimate of drug-likeness (QED) is 0.178. The molecule has 5 rings (SSSR count). The topological polar surface area (TPSA) is 186 Å². The van der Waals surface area contributed by atoms with Crippen LogP contribution in [0.4, 0.5) is 5.69 Å². The second-order valence-corrected chi connectivity index (χ2v) is 10.6. The molecule has 3 aliphatic carbocycles. The van der Waals surface area contributed by atoms with Crippen molar-refractivity contribution in [2.24, 2.45) is 11.8 Å². The maximum absolute atomic E-state index is 13.8. The van der Waals surface area contributed by atoms with E-state index in [0.29, 0.717) is 11.3 Å². The van der Waals surface area contributed by atoms with E-state index in [0.717, 1.165) is 0 Å². The Kier molecular flexibility index (Phi) is 6.84. The van der Waals surface area contributed by atoms with E-state index in [1.807, 2.05) is 0 Å². The number of rotatable bonds is 5. The van der Waals surface area contributed by atoms with Crippen molar-refractivity contribution in [3.05, 3.63) is 70.0 Å². The van der Waals surface area contributed by atoms with Crippen molar-refractivity contribution < 1.29 is 44.3 Å². The maximum Gasteiger partial charge on any atom is 0.272 e. The fourth-order valence-corrected chi connectivity index (χ4v) is 5.87. The van der Waals surface area contributed by atoms with Gasteiger partial charge in [-0.05, 0) is 54.7 Å². The van der Waals surface area contributed by atoms with Gasteiger partial charge in [0.15, 0.2) is 11.4 Å². The molecule has 2 aromatic rings. The molecule has 0 radical (unpaired) electrons. The monoisotopic (exact) mass is 563 g/mol. The van der Waals surface area contributed by atoms with E-state index < -0.39 is 63.7 Å². The van der Waals surface area contributed by atoms with E-state index in [1.165, 1.54) is 44.4 Å². The van der Waals surface area contributed by atoms with Gasteiger partial charge < -0.3 is 30.5 Å². The molecule has 214 valence electrons. The van der Waals surface area contributed by atoms with Crippen LogP contribution in [0.1, 0.15) is 34.3 Å². The van der Waals surface area contributed by atoms with Crippen LogP contribution in [0.2, 0.25) is 0 Å². The third-order valence-electron chi connectivity index (χ3n) is 7.84. The number of carbonyl (C=O) groups is 4. The highest BCUT2D eigenvalue weighted by molar-refractivity contribution is 6.23. The Balaban J connectivity index is 1.53. The number of carbonyl (C=O) groups excluding carboxylic acids is 4. The summed E-state index contributed by atoms with van der Waals surface area (Å²) in [5.41, 5.74) is -0.620. The number of phenols is 1. The minimum absolute atomic E-state index is 0.0244. The zero-order chi connectivity index (χ0) is 29.8. The Morgan fingerprint density at radius 3 is 2.32 bits per heavy atom. The molecule has 0 spiro atoms. The third-order valence-corrected chi connectivity index (χ3v) is 7.84. The average molecular weight is 564 g/mol. The van der Waals surface area contributed by atoms with Crippen LogP contribution in [0, 0.1) is 11.8 Å². The van der Waals surface area contributed by atoms with Crippen LogP contribution >= 0.6 is 0 Å². The molecule has 0 saturated heterocycles. The molecule has 0 heterocycles. The SMILES string of the molecule is COc1ccc(C(=O)Nc2ccc3c(c2O)C(O)=C2C(=O)C4(O)C(O)=C(C(=O)NN(C)C)C(=O)CC4CC2C3)cc1. The molecule has 0 aliphatic heterocycles. The molecule has 2 amide bonds. The molecule has 3 unspecified atom stereocenters. The van der Waals surface area contributed by atoms with Crippen LogP contribution < -0.4 is 15.5 Å². The van der Waals surface area contributed by atoms with Crippen LogP contribution in [0.5, 0.6) is 11.5 Å². The number of hydrogen-bond acceptors (Lipinski definition) is 10. The van der Waals surface area contributed by atoms with E-state index in [4.69, 9.17) is 4.74 Å². The number of hydrazine groups is 1. The van der Waals surface area contributed by atoms with Crippen molar-refractivity contribution in [2.75, 3.05) is 26.5 Å². The molecular weight excluding hydrogens is 534 g/mol. The lowest BCUT2D eigenvalue weighted by Crippen LogP contribution is -2.58. The first-order valence-corrected chi connectivity index (χ1v) is 12.8. The molecule has 41 heavy (non-hydrogen) atoms. The number of ether oxygens (including phenoxy) is 1. The Labute approximate surface area is 234 Å². The number of amides is 2. The van der Waals surface area contributed by atoms with Crippen molar-refractivity contribution in [1.82, 2.24) is 10.4 Å². The van der Waals surface area contributed by atoms with Gasteiger partial charge in [-0.3, -0.25) is 24.6 Å². The molecule has 12 nitrogen and oxygen atoms in total. The lowest BCUT2D eigenvalue weighted by Gasteiger charge is -2.46. The van der Waals surface area contributed by atoms with Gasteiger partial charge in [-0.2, -0.15) is 0 Å². The largest absolute Gasteiger partial charge is 0.508 e. The summed E-state index contributed by atoms with van der Waals surface area (Å²) in [4.78, 5) is 52.0. The summed E-state index contributed by atoms with van der Waals surface area (Å²) in [5.74, 6) is -6.58. The number of methoxy groups -OCH3 is 1. The van der Waals surface area contributed by atoms with Crippen molar-refractivity contribution >= 4 is 34.8 Å². The van der Waals surface area contributed by atoms with Crippen LogP contribution in [0.15, 0.2) is 53.3 Å². The average Bonchev–Trinajstić information content (AvgIpc) is 2.91. The molecule has 6 N–H and O–H groups in total. The number of aromatic hydroxyl groups is 1. The zero-order valence-electron chi connectivity index (χ0n) is 22.5. The second-order valence-electron chi connectivity index (χ2n) is 10.6. The predicted molar refractivity (Wildman–Crippen MR) is 145 cm³/mol. The van der Waals surface area contributed by atoms with Crippen molar-refractivity contribution in [1.29, 1.82) is 0 Å². The van der Waals surface area contributed by atoms with E-state index >= 15 is 0 Å². The van der Waals surface area contributed by atoms with Gasteiger partial charge in [0.1, 0.15) is 28.6 Å². The van der Waals surface area contributed by atoms with Crippen LogP contribution in [-0.4, -0.2) is 75.6 Å². The molecule has 2 aromatic carbocycles. The molecular formula is C29H29N3O9. The van der Waals surface area contributed by atoms with E-state index in [2.05, 4.69) is 10.7 Å². The number of benzene rings is 2. The first-order valence-electron chi connectivity index (χ1n) is 12.8. The Hall–Kier alpha value is -4.68. The molecule has 0 bridgehead atoms. The van der Waals surface area contributed by atoms with Crippen LogP contribution in [-0.2, 0) is 20.8 Å². The second kappa shape index (κ2) is 10.1. The van der Waals surface area contributed by atoms with Crippen molar-refractivity contribution in [2.45, 2.75) is 24.9 Å². The number of aliphatic hydroxyl groups is 3. The molecule has 1 saturated carbocycles. The predicted octanol–water partition coefficient (Wildman–Crippen LogP) is 1.79. The lowest BCUT2D eigenvalue weighted by atomic mass is 9.59. The third kappa shape index (κ3) is 4.41. The Morgan fingerprint density at radius 2 is 1.68 bits per heavy atom. The smallest absolute Gasteiger partial charge is 0.272 e. The van der Waals surface area contributed by atoms with Gasteiger partial charge >= 0.3 is 0 Å². The fourth-order valence-electron chi connectivity index (χ4n) is 5.87. The molecule has 12 heteroatoms. The van der Waals surface area contributed by atoms with Crippen LogP contribution in [0.25, 0.3) is 5.76 Å². The highest BCUT2D eigenvalue weighted by atomic mass is 16.5. The molecule has 3 atom stereocenters. The number of aliphatic hydroxyl groups excluding tert-OH is 2. The maximum atomic E-state index is 13.8. The summed E-state index contributed by atoms with van der Waals surface area (Å²) in [6, 6.07) is 9.35. The summed E-state index contributed by atoms with van der Waals surface area (Å²) in [6.45, 7) is 0. The summed E-state index contributed by atoms with van der Waals surface area (Å²) in [7, 11) is 4.46. The van der Waals surface area contributed by atoms with Gasteiger partial charge in [-0.1, -0.05) is 6.07 Å². The minimum atomic E-state index is -2.62.